The van der Waals surface area contributed by atoms with Gasteiger partial charge >= 0.3 is 6.18 Å². The average Bonchev–Trinajstić information content (AvgIpc) is 3.30. The second kappa shape index (κ2) is 7.76. The number of rotatable bonds is 5. The van der Waals surface area contributed by atoms with E-state index >= 15 is 0 Å². The average molecular weight is 507 g/mol. The second-order valence-corrected chi connectivity index (χ2v) is 16.0. The van der Waals surface area contributed by atoms with Crippen LogP contribution in [0.2, 0.25) is 18.1 Å². The minimum Gasteiger partial charge on any atom is -0.417 e. The number of alkyl halides is 3. The van der Waals surface area contributed by atoms with Crippen LogP contribution in [-0.4, -0.2) is 37.9 Å². The first kappa shape index (κ1) is 25.6. The topological polar surface area (TPSA) is 79.6 Å². The van der Waals surface area contributed by atoms with Crippen LogP contribution in [0.25, 0.3) is 0 Å². The van der Waals surface area contributed by atoms with E-state index in [1.54, 1.807) is 19.1 Å². The molecule has 4 atom stereocenters. The van der Waals surface area contributed by atoms with E-state index in [9.17, 15) is 22.8 Å². The van der Waals surface area contributed by atoms with Crippen LogP contribution in [0.5, 0.6) is 0 Å². The third-order valence-corrected chi connectivity index (χ3v) is 12.5. The number of benzene rings is 1. The van der Waals surface area contributed by atoms with E-state index in [0.29, 0.717) is 19.1 Å². The van der Waals surface area contributed by atoms with Gasteiger partial charge in [0.1, 0.15) is 5.60 Å². The minimum absolute atomic E-state index is 0.00845. The molecule has 3 aliphatic rings. The fourth-order valence-corrected chi connectivity index (χ4v) is 6.13. The van der Waals surface area contributed by atoms with E-state index in [2.05, 4.69) is 33.9 Å². The van der Waals surface area contributed by atoms with E-state index in [1.807, 2.05) is 0 Å². The number of imide groups is 1. The van der Waals surface area contributed by atoms with Crippen LogP contribution >= 0.6 is 0 Å². The number of nitriles is 1. The van der Waals surface area contributed by atoms with Crippen LogP contribution in [0.4, 0.5) is 18.9 Å². The Labute approximate surface area is 203 Å². The third kappa shape index (κ3) is 3.84. The highest BCUT2D eigenvalue weighted by atomic mass is 28.4. The van der Waals surface area contributed by atoms with Crippen LogP contribution < -0.4 is 4.90 Å². The molecule has 2 saturated heterocycles. The SMILES string of the molecule is CC(C)(C)[Si](C)(C)OCC[C@@]12C=C[C@@](C)(O1)[C@H]1C(=O)N(c3ccc(C#N)c(C(F)(F)F)c3)C(=O)[C@H]12. The molecule has 0 radical (unpaired) electrons. The maximum atomic E-state index is 13.6. The lowest BCUT2D eigenvalue weighted by molar-refractivity contribution is -0.138. The highest BCUT2D eigenvalue weighted by molar-refractivity contribution is 6.74. The monoisotopic (exact) mass is 506 g/mol. The van der Waals surface area contributed by atoms with Crippen LogP contribution in [0, 0.1) is 23.2 Å². The Hall–Kier alpha value is -2.48. The van der Waals surface area contributed by atoms with Gasteiger partial charge in [-0.15, -0.1) is 0 Å². The van der Waals surface area contributed by atoms with E-state index in [0.717, 1.165) is 11.0 Å². The normalized spacial score (nSPS) is 30.2. The first-order valence-corrected chi connectivity index (χ1v) is 14.4. The number of carbonyl (C=O) groups excluding carboxylic acids is 2. The zero-order valence-corrected chi connectivity index (χ0v) is 21.6. The quantitative estimate of drug-likeness (QED) is 0.312. The molecule has 35 heavy (non-hydrogen) atoms. The minimum atomic E-state index is -4.80. The number of amides is 2. The van der Waals surface area contributed by atoms with Crippen molar-refractivity contribution in [2.75, 3.05) is 11.5 Å². The summed E-state index contributed by atoms with van der Waals surface area (Å²) in [5, 5.41) is 9.07. The molecule has 1 aromatic rings. The second-order valence-electron chi connectivity index (χ2n) is 11.2. The molecule has 0 aliphatic carbocycles. The fraction of sp³-hybridized carbons (Fsp3) is 0.560. The number of ether oxygens (including phenoxy) is 1. The summed E-state index contributed by atoms with van der Waals surface area (Å²) in [5.74, 6) is -2.91. The Morgan fingerprint density at radius 1 is 1.14 bits per heavy atom. The van der Waals surface area contributed by atoms with Crippen molar-refractivity contribution in [3.05, 3.63) is 41.5 Å². The Morgan fingerprint density at radius 3 is 2.34 bits per heavy atom. The Bertz CT molecular complexity index is 1170. The highest BCUT2D eigenvalue weighted by Gasteiger charge is 2.72. The zero-order valence-electron chi connectivity index (χ0n) is 20.6. The van der Waals surface area contributed by atoms with Crippen molar-refractivity contribution in [1.82, 2.24) is 0 Å². The van der Waals surface area contributed by atoms with Crippen molar-refractivity contribution in [2.24, 2.45) is 11.8 Å². The zero-order chi connectivity index (χ0) is 26.2. The van der Waals surface area contributed by atoms with Crippen molar-refractivity contribution < 1.29 is 31.9 Å². The van der Waals surface area contributed by atoms with Crippen LogP contribution in [0.15, 0.2) is 30.4 Å². The molecule has 0 spiro atoms. The van der Waals surface area contributed by atoms with Crippen LogP contribution in [0.3, 0.4) is 0 Å². The molecule has 1 aromatic carbocycles. The van der Waals surface area contributed by atoms with Gasteiger partial charge < -0.3 is 9.16 Å². The lowest BCUT2D eigenvalue weighted by Crippen LogP contribution is -2.44. The fourth-order valence-electron chi connectivity index (χ4n) is 5.09. The number of fused-ring (bicyclic) bond motifs is 5. The molecule has 2 fully saturated rings. The largest absolute Gasteiger partial charge is 0.417 e. The Balaban J connectivity index is 1.65. The molecule has 4 rings (SSSR count). The van der Waals surface area contributed by atoms with Gasteiger partial charge in [0.2, 0.25) is 11.8 Å². The Kier molecular flexibility index (Phi) is 5.67. The lowest BCUT2D eigenvalue weighted by Gasteiger charge is -2.37. The predicted octanol–water partition coefficient (Wildman–Crippen LogP) is 5.19. The van der Waals surface area contributed by atoms with Gasteiger partial charge in [-0.1, -0.05) is 32.9 Å². The van der Waals surface area contributed by atoms with E-state index in [4.69, 9.17) is 14.4 Å². The first-order valence-electron chi connectivity index (χ1n) is 11.5. The smallest absolute Gasteiger partial charge is 0.417 e. The van der Waals surface area contributed by atoms with Crippen molar-refractivity contribution in [2.45, 2.75) is 69.6 Å². The van der Waals surface area contributed by atoms with Crippen LogP contribution in [0.1, 0.15) is 45.2 Å². The molecule has 0 N–H and O–H groups in total. The van der Waals surface area contributed by atoms with Gasteiger partial charge in [-0.25, -0.2) is 4.90 Å². The van der Waals surface area contributed by atoms with Crippen molar-refractivity contribution in [3.8, 4) is 6.07 Å². The number of anilines is 1. The predicted molar refractivity (Wildman–Crippen MR) is 125 cm³/mol. The summed E-state index contributed by atoms with van der Waals surface area (Å²) in [6.07, 6.45) is -0.881. The number of hydrogen-bond donors (Lipinski definition) is 0. The standard InChI is InChI=1S/C25H29F3N2O4Si/c1-22(2,3)35(5,6)33-12-11-24-10-9-23(4,34-24)18-19(24)21(32)30(20(18)31)16-8-7-15(14-29)17(13-16)25(26,27)28/h7-10,13,18-19H,11-12H2,1-6H3/t18-,19+,23-,24-/m1/s1. The summed E-state index contributed by atoms with van der Waals surface area (Å²) in [7, 11) is -2.07. The molecule has 0 saturated carbocycles. The molecule has 3 aliphatic heterocycles. The number of carbonyl (C=O) groups is 2. The van der Waals surface area contributed by atoms with Crippen LogP contribution in [-0.2, 0) is 24.9 Å². The van der Waals surface area contributed by atoms with Gasteiger partial charge in [0, 0.05) is 13.0 Å². The van der Waals surface area contributed by atoms with Crippen molar-refractivity contribution >= 4 is 25.8 Å². The Morgan fingerprint density at radius 2 is 1.77 bits per heavy atom. The number of hydrogen-bond acceptors (Lipinski definition) is 5. The molecule has 2 bridgehead atoms. The summed E-state index contributed by atoms with van der Waals surface area (Å²) in [4.78, 5) is 27.8. The summed E-state index contributed by atoms with van der Waals surface area (Å²) in [6, 6.07) is 4.40. The van der Waals surface area contributed by atoms with E-state index in [-0.39, 0.29) is 10.7 Å². The molecule has 0 aromatic heterocycles. The molecule has 6 nitrogen and oxygen atoms in total. The maximum absolute atomic E-state index is 13.6. The summed E-state index contributed by atoms with van der Waals surface area (Å²) < 4.78 is 53.2. The van der Waals surface area contributed by atoms with Crippen molar-refractivity contribution in [3.63, 3.8) is 0 Å². The maximum Gasteiger partial charge on any atom is 0.417 e. The third-order valence-electron chi connectivity index (χ3n) is 8.01. The van der Waals surface area contributed by atoms with E-state index < -0.39 is 60.5 Å². The molecule has 10 heteroatoms. The van der Waals surface area contributed by atoms with Gasteiger partial charge in [0.25, 0.3) is 0 Å². The molecular weight excluding hydrogens is 477 g/mol. The highest BCUT2D eigenvalue weighted by Crippen LogP contribution is 2.59. The van der Waals surface area contributed by atoms with Gasteiger partial charge in [-0.05, 0) is 43.3 Å². The summed E-state index contributed by atoms with van der Waals surface area (Å²) >= 11 is 0. The lowest BCUT2D eigenvalue weighted by atomic mass is 9.71. The molecule has 2 amide bonds. The molecule has 188 valence electrons. The van der Waals surface area contributed by atoms with Gasteiger partial charge in [-0.3, -0.25) is 9.59 Å². The van der Waals surface area contributed by atoms with Crippen molar-refractivity contribution in [1.29, 1.82) is 5.26 Å². The summed E-state index contributed by atoms with van der Waals surface area (Å²) in [6.45, 7) is 12.7. The first-order chi connectivity index (χ1) is 16.0. The van der Waals surface area contributed by atoms with Gasteiger partial charge in [-0.2, -0.15) is 18.4 Å². The molecule has 0 unspecified atom stereocenters. The molecule has 3 heterocycles. The molecular formula is C25H29F3N2O4Si. The van der Waals surface area contributed by atoms with Gasteiger partial charge in [0.05, 0.1) is 40.3 Å². The number of nitrogens with zero attached hydrogens (tertiary/aromatic N) is 2. The van der Waals surface area contributed by atoms with Gasteiger partial charge in [0.15, 0.2) is 8.32 Å². The number of halogens is 3. The summed E-state index contributed by atoms with van der Waals surface area (Å²) in [5.41, 5.74) is -4.06. The van der Waals surface area contributed by atoms with E-state index in [1.165, 1.54) is 12.1 Å².